The molecule has 0 aliphatic heterocycles. The van der Waals surface area contributed by atoms with Crippen molar-refractivity contribution in [3.8, 4) is 23.0 Å². The van der Waals surface area contributed by atoms with Gasteiger partial charge in [0.25, 0.3) is 0 Å². The predicted molar refractivity (Wildman–Crippen MR) is 194 cm³/mol. The Bertz CT molecular complexity index is 1460. The Balaban J connectivity index is 1.64. The second-order valence-corrected chi connectivity index (χ2v) is 12.9. The van der Waals surface area contributed by atoms with Gasteiger partial charge in [0.1, 0.15) is 11.6 Å². The zero-order valence-electron chi connectivity index (χ0n) is 27.0. The molecule has 47 heavy (non-hydrogen) atoms. The number of Topliss-reactive ketones (excluding diaryl/α,β-unsaturated/α-hetero) is 2. The number of methoxy groups -OCH3 is 2. The van der Waals surface area contributed by atoms with Gasteiger partial charge in [-0.2, -0.15) is 0 Å². The molecule has 6 nitrogen and oxygen atoms in total. The van der Waals surface area contributed by atoms with Crippen LogP contribution in [0.3, 0.4) is 0 Å². The molecule has 0 N–H and O–H groups in total. The van der Waals surface area contributed by atoms with Crippen LogP contribution in [0.4, 0.5) is 0 Å². The van der Waals surface area contributed by atoms with E-state index in [0.29, 0.717) is 72.6 Å². The summed E-state index contributed by atoms with van der Waals surface area (Å²) in [6, 6.07) is 31.2. The number of halogens is 2. The summed E-state index contributed by atoms with van der Waals surface area (Å²) in [7, 11) is 3.21. The van der Waals surface area contributed by atoms with E-state index in [9.17, 15) is 9.59 Å². The van der Waals surface area contributed by atoms with Crippen LogP contribution in [0.5, 0.6) is 23.0 Å². The summed E-state index contributed by atoms with van der Waals surface area (Å²) < 4.78 is 22.7. The summed E-state index contributed by atoms with van der Waals surface area (Å²) in [5.41, 5.74) is 2.55. The molecule has 0 radical (unpaired) electrons. The van der Waals surface area contributed by atoms with E-state index in [1.807, 2.05) is 97.1 Å². The highest BCUT2D eigenvalue weighted by Gasteiger charge is 2.44. The molecule has 8 heteroatoms. The number of ketones is 2. The van der Waals surface area contributed by atoms with E-state index in [-0.39, 0.29) is 24.4 Å². The Kier molecular flexibility index (Phi) is 14.4. The quantitative estimate of drug-likeness (QED) is 0.0665. The molecule has 0 bridgehead atoms. The van der Waals surface area contributed by atoms with Gasteiger partial charge >= 0.3 is 0 Å². The Labute approximate surface area is 295 Å². The van der Waals surface area contributed by atoms with Crippen molar-refractivity contribution in [1.29, 1.82) is 0 Å². The topological polar surface area (TPSA) is 71.1 Å². The molecule has 4 aromatic rings. The molecule has 248 valence electrons. The summed E-state index contributed by atoms with van der Waals surface area (Å²) in [5, 5.41) is 1.41. The number of rotatable bonds is 20. The predicted octanol–water partition coefficient (Wildman–Crippen LogP) is 8.43. The van der Waals surface area contributed by atoms with E-state index in [1.165, 1.54) is 0 Å². The summed E-state index contributed by atoms with van der Waals surface area (Å²) in [5.74, 6) is 2.41. The van der Waals surface area contributed by atoms with Gasteiger partial charge in [-0.15, -0.1) is 0 Å². The van der Waals surface area contributed by atoms with Crippen LogP contribution in [0.2, 0.25) is 0 Å². The molecule has 0 amide bonds. The van der Waals surface area contributed by atoms with Crippen molar-refractivity contribution in [3.05, 3.63) is 119 Å². The van der Waals surface area contributed by atoms with Crippen LogP contribution < -0.4 is 18.9 Å². The fraction of sp³-hybridized carbons (Fsp3) is 0.333. The monoisotopic (exact) mass is 764 g/mol. The Morgan fingerprint density at radius 2 is 0.957 bits per heavy atom. The highest BCUT2D eigenvalue weighted by molar-refractivity contribution is 9.09. The van der Waals surface area contributed by atoms with Crippen LogP contribution in [-0.2, 0) is 35.3 Å². The lowest BCUT2D eigenvalue weighted by atomic mass is 9.68. The molecule has 0 aromatic heterocycles. The molecule has 0 aliphatic rings. The number of benzene rings is 4. The summed E-state index contributed by atoms with van der Waals surface area (Å²) in [6.07, 6.45) is 2.02. The maximum Gasteiger partial charge on any atom is 0.161 e. The van der Waals surface area contributed by atoms with Crippen molar-refractivity contribution in [2.24, 2.45) is 5.41 Å². The molecule has 0 unspecified atom stereocenters. The van der Waals surface area contributed by atoms with Crippen molar-refractivity contribution in [3.63, 3.8) is 0 Å². The zero-order chi connectivity index (χ0) is 33.5. The maximum atomic E-state index is 14.6. The molecule has 0 heterocycles. The SMILES string of the molecule is COc1cc(CCC(=O)C(Cc2ccccc2)(Cc2ccccc2)C(=O)CCc2ccc(OCCBr)c(OC)c2)ccc1OCCBr. The average molecular weight is 767 g/mol. The van der Waals surface area contributed by atoms with Gasteiger partial charge in [-0.3, -0.25) is 9.59 Å². The van der Waals surface area contributed by atoms with E-state index in [1.54, 1.807) is 14.2 Å². The second kappa shape index (κ2) is 18.6. The number of carbonyl (C=O) groups is 2. The van der Waals surface area contributed by atoms with Crippen LogP contribution >= 0.6 is 31.9 Å². The maximum absolute atomic E-state index is 14.6. The van der Waals surface area contributed by atoms with Gasteiger partial charge in [-0.25, -0.2) is 0 Å². The molecule has 0 atom stereocenters. The Morgan fingerprint density at radius 3 is 1.32 bits per heavy atom. The number of hydrogen-bond donors (Lipinski definition) is 0. The standard InChI is InChI=1S/C39H42Br2O6/c1-44-35-25-29(13-17-33(35)46-23-21-40)15-19-37(42)39(27-31-9-5-3-6-10-31,28-32-11-7-4-8-12-32)38(43)20-16-30-14-18-34(47-24-22-41)36(26-30)45-2/h3-14,17-18,25-26H,15-16,19-24,27-28H2,1-2H3. The molecule has 0 saturated carbocycles. The lowest BCUT2D eigenvalue weighted by Crippen LogP contribution is -2.44. The first-order chi connectivity index (χ1) is 22.9. The van der Waals surface area contributed by atoms with Gasteiger partial charge in [0.05, 0.1) is 32.8 Å². The van der Waals surface area contributed by atoms with Crippen molar-refractivity contribution in [1.82, 2.24) is 0 Å². The van der Waals surface area contributed by atoms with Crippen molar-refractivity contribution >= 4 is 43.4 Å². The number of ether oxygens (including phenoxy) is 4. The molecule has 0 saturated heterocycles. The zero-order valence-corrected chi connectivity index (χ0v) is 30.2. The molecule has 0 fully saturated rings. The number of hydrogen-bond acceptors (Lipinski definition) is 6. The highest BCUT2D eigenvalue weighted by Crippen LogP contribution is 2.36. The summed E-state index contributed by atoms with van der Waals surface area (Å²) in [6.45, 7) is 1.03. The molecular weight excluding hydrogens is 724 g/mol. The average Bonchev–Trinajstić information content (AvgIpc) is 3.11. The van der Waals surface area contributed by atoms with Crippen LogP contribution in [0, 0.1) is 5.41 Å². The number of alkyl halides is 2. The summed E-state index contributed by atoms with van der Waals surface area (Å²) >= 11 is 6.77. The third-order valence-corrected chi connectivity index (χ3v) is 8.82. The van der Waals surface area contributed by atoms with Crippen molar-refractivity contribution in [2.45, 2.75) is 38.5 Å². The van der Waals surface area contributed by atoms with Crippen molar-refractivity contribution < 1.29 is 28.5 Å². The normalized spacial score (nSPS) is 11.1. The molecule has 4 aromatic carbocycles. The van der Waals surface area contributed by atoms with Crippen LogP contribution in [0.1, 0.15) is 35.1 Å². The largest absolute Gasteiger partial charge is 0.493 e. The lowest BCUT2D eigenvalue weighted by molar-refractivity contribution is -0.141. The molecule has 0 aliphatic carbocycles. The fourth-order valence-corrected chi connectivity index (χ4v) is 6.09. The van der Waals surface area contributed by atoms with E-state index in [0.717, 1.165) is 22.3 Å². The van der Waals surface area contributed by atoms with Gasteiger partial charge in [-0.1, -0.05) is 105 Å². The fourth-order valence-electron chi connectivity index (χ4n) is 5.77. The molecular formula is C39H42Br2O6. The van der Waals surface area contributed by atoms with Gasteiger partial charge < -0.3 is 18.9 Å². The molecule has 0 spiro atoms. The first kappa shape index (κ1) is 36.2. The first-order valence-corrected chi connectivity index (χ1v) is 18.0. The second-order valence-electron chi connectivity index (χ2n) is 11.3. The van der Waals surface area contributed by atoms with E-state index < -0.39 is 5.41 Å². The van der Waals surface area contributed by atoms with Gasteiger partial charge in [0.15, 0.2) is 23.0 Å². The minimum absolute atomic E-state index is 0.0649. The van der Waals surface area contributed by atoms with Crippen molar-refractivity contribution in [2.75, 3.05) is 38.1 Å². The third kappa shape index (κ3) is 10.2. The van der Waals surface area contributed by atoms with E-state index in [4.69, 9.17) is 18.9 Å². The number of carbonyl (C=O) groups excluding carboxylic acids is 2. The van der Waals surface area contributed by atoms with Gasteiger partial charge in [-0.05, 0) is 72.2 Å². The van der Waals surface area contributed by atoms with E-state index in [2.05, 4.69) is 31.9 Å². The van der Waals surface area contributed by atoms with Gasteiger partial charge in [0.2, 0.25) is 0 Å². The molecule has 4 rings (SSSR count). The number of aryl methyl sites for hydroxylation is 2. The van der Waals surface area contributed by atoms with Crippen LogP contribution in [0.25, 0.3) is 0 Å². The lowest BCUT2D eigenvalue weighted by Gasteiger charge is -2.32. The Morgan fingerprint density at radius 1 is 0.553 bits per heavy atom. The van der Waals surface area contributed by atoms with Crippen LogP contribution in [-0.4, -0.2) is 49.7 Å². The minimum atomic E-state index is -1.24. The van der Waals surface area contributed by atoms with Gasteiger partial charge in [0, 0.05) is 23.5 Å². The van der Waals surface area contributed by atoms with Crippen LogP contribution in [0.15, 0.2) is 97.1 Å². The third-order valence-electron chi connectivity index (χ3n) is 8.17. The summed E-state index contributed by atoms with van der Waals surface area (Å²) in [4.78, 5) is 29.2. The smallest absolute Gasteiger partial charge is 0.161 e. The highest BCUT2D eigenvalue weighted by atomic mass is 79.9. The van der Waals surface area contributed by atoms with E-state index >= 15 is 0 Å². The Hall–Kier alpha value is -3.62. The minimum Gasteiger partial charge on any atom is -0.493 e. The first-order valence-electron chi connectivity index (χ1n) is 15.8.